The fraction of sp³-hybridized carbons (Fsp3) is 0.875. The smallest absolute Gasteiger partial charge is 0.304 e. The second-order valence-corrected chi connectivity index (χ2v) is 5.51. The van der Waals surface area contributed by atoms with E-state index >= 15 is 0 Å². The molecule has 14 heavy (non-hydrogen) atoms. The molecule has 0 fully saturated rings. The number of ether oxygens (including phenoxy) is 1. The molecule has 1 unspecified atom stereocenters. The molecule has 1 N–H and O–H groups in total. The maximum atomic E-state index is 11.4. The standard InChI is InChI=1S/C8H16O5S/c1-3-13-4-5-14(11,12)7(2)6-8(9)10/h7H,3-6H2,1-2H3,(H,9,10). The number of sulfone groups is 1. The zero-order chi connectivity index (χ0) is 11.2. The summed E-state index contributed by atoms with van der Waals surface area (Å²) in [4.78, 5) is 10.3. The second-order valence-electron chi connectivity index (χ2n) is 2.97. The summed E-state index contributed by atoms with van der Waals surface area (Å²) in [6, 6.07) is 0. The van der Waals surface area contributed by atoms with Gasteiger partial charge in [0, 0.05) is 6.61 Å². The van der Waals surface area contributed by atoms with Crippen LogP contribution in [0.4, 0.5) is 0 Å². The van der Waals surface area contributed by atoms with Crippen LogP contribution in [-0.2, 0) is 19.4 Å². The van der Waals surface area contributed by atoms with Crippen LogP contribution < -0.4 is 0 Å². The highest BCUT2D eigenvalue weighted by molar-refractivity contribution is 7.92. The predicted octanol–water partition coefficient (Wildman–Crippen LogP) is 0.301. The van der Waals surface area contributed by atoms with Crippen LogP contribution >= 0.6 is 0 Å². The first-order chi connectivity index (χ1) is 6.40. The van der Waals surface area contributed by atoms with E-state index in [9.17, 15) is 13.2 Å². The van der Waals surface area contributed by atoms with Crippen molar-refractivity contribution in [2.24, 2.45) is 0 Å². The number of hydrogen-bond donors (Lipinski definition) is 1. The first-order valence-electron chi connectivity index (χ1n) is 4.41. The van der Waals surface area contributed by atoms with Gasteiger partial charge >= 0.3 is 5.97 Å². The zero-order valence-electron chi connectivity index (χ0n) is 8.39. The van der Waals surface area contributed by atoms with Crippen molar-refractivity contribution in [3.63, 3.8) is 0 Å². The van der Waals surface area contributed by atoms with Crippen molar-refractivity contribution in [1.29, 1.82) is 0 Å². The van der Waals surface area contributed by atoms with E-state index < -0.39 is 21.1 Å². The quantitative estimate of drug-likeness (QED) is 0.629. The van der Waals surface area contributed by atoms with E-state index in [0.717, 1.165) is 0 Å². The monoisotopic (exact) mass is 224 g/mol. The van der Waals surface area contributed by atoms with Crippen LogP contribution in [0, 0.1) is 0 Å². The summed E-state index contributed by atoms with van der Waals surface area (Å²) in [5.74, 6) is -1.22. The van der Waals surface area contributed by atoms with Gasteiger partial charge in [-0.3, -0.25) is 4.79 Å². The molecule has 0 aliphatic heterocycles. The van der Waals surface area contributed by atoms with Gasteiger partial charge in [-0.1, -0.05) is 0 Å². The third kappa shape index (κ3) is 5.18. The van der Waals surface area contributed by atoms with E-state index in [1.165, 1.54) is 6.92 Å². The fourth-order valence-electron chi connectivity index (χ4n) is 0.893. The summed E-state index contributed by atoms with van der Waals surface area (Å²) in [6.07, 6.45) is -0.353. The summed E-state index contributed by atoms with van der Waals surface area (Å²) >= 11 is 0. The van der Waals surface area contributed by atoms with E-state index in [2.05, 4.69) is 0 Å². The third-order valence-electron chi connectivity index (χ3n) is 1.79. The number of hydrogen-bond acceptors (Lipinski definition) is 4. The number of aliphatic carboxylic acids is 1. The predicted molar refractivity (Wildman–Crippen MR) is 52.0 cm³/mol. The van der Waals surface area contributed by atoms with Crippen molar-refractivity contribution in [2.45, 2.75) is 25.5 Å². The van der Waals surface area contributed by atoms with Crippen LogP contribution in [0.25, 0.3) is 0 Å². The van der Waals surface area contributed by atoms with Crippen LogP contribution in [0.3, 0.4) is 0 Å². The van der Waals surface area contributed by atoms with Crippen molar-refractivity contribution < 1.29 is 23.1 Å². The Hall–Kier alpha value is -0.620. The Bertz CT molecular complexity index is 269. The molecule has 0 heterocycles. The summed E-state index contributed by atoms with van der Waals surface area (Å²) in [7, 11) is -3.33. The molecule has 0 radical (unpaired) electrons. The highest BCUT2D eigenvalue weighted by Crippen LogP contribution is 2.06. The molecule has 5 nitrogen and oxygen atoms in total. The Labute approximate surface area is 84.0 Å². The lowest BCUT2D eigenvalue weighted by molar-refractivity contribution is -0.136. The minimum Gasteiger partial charge on any atom is -0.481 e. The number of carbonyl (C=O) groups is 1. The van der Waals surface area contributed by atoms with Gasteiger partial charge < -0.3 is 9.84 Å². The van der Waals surface area contributed by atoms with Gasteiger partial charge in [0.25, 0.3) is 0 Å². The molecule has 0 aliphatic carbocycles. The zero-order valence-corrected chi connectivity index (χ0v) is 9.21. The van der Waals surface area contributed by atoms with E-state index in [1.807, 2.05) is 0 Å². The topological polar surface area (TPSA) is 80.7 Å². The van der Waals surface area contributed by atoms with Gasteiger partial charge in [-0.25, -0.2) is 8.42 Å². The molecule has 0 saturated heterocycles. The van der Waals surface area contributed by atoms with E-state index in [4.69, 9.17) is 9.84 Å². The lowest BCUT2D eigenvalue weighted by Crippen LogP contribution is -2.26. The van der Waals surface area contributed by atoms with Gasteiger partial charge in [-0.2, -0.15) is 0 Å². The summed E-state index contributed by atoms with van der Waals surface area (Å²) in [6.45, 7) is 3.76. The second kappa shape index (κ2) is 5.98. The average Bonchev–Trinajstić information content (AvgIpc) is 2.03. The van der Waals surface area contributed by atoms with Gasteiger partial charge in [0.05, 0.1) is 24.0 Å². The summed E-state index contributed by atoms with van der Waals surface area (Å²) in [5.41, 5.74) is 0. The Balaban J connectivity index is 4.10. The largest absolute Gasteiger partial charge is 0.481 e. The van der Waals surface area contributed by atoms with Crippen LogP contribution in [0.15, 0.2) is 0 Å². The Morgan fingerprint density at radius 3 is 2.50 bits per heavy atom. The Morgan fingerprint density at radius 1 is 1.50 bits per heavy atom. The van der Waals surface area contributed by atoms with E-state index in [1.54, 1.807) is 6.92 Å². The van der Waals surface area contributed by atoms with Crippen molar-refractivity contribution in [1.82, 2.24) is 0 Å². The molecule has 1 atom stereocenters. The average molecular weight is 224 g/mol. The molecule has 0 aromatic rings. The van der Waals surface area contributed by atoms with Crippen LogP contribution in [0.5, 0.6) is 0 Å². The molecule has 0 saturated carbocycles. The Kier molecular flexibility index (Phi) is 5.71. The molecule has 0 aromatic carbocycles. The van der Waals surface area contributed by atoms with Gasteiger partial charge in [-0.15, -0.1) is 0 Å². The van der Waals surface area contributed by atoms with Crippen LogP contribution in [-0.4, -0.2) is 43.7 Å². The number of carboxylic acid groups (broad SMARTS) is 1. The lowest BCUT2D eigenvalue weighted by atomic mass is 10.3. The molecule has 0 aromatic heterocycles. The highest BCUT2D eigenvalue weighted by atomic mass is 32.2. The first kappa shape index (κ1) is 13.4. The highest BCUT2D eigenvalue weighted by Gasteiger charge is 2.22. The van der Waals surface area contributed by atoms with Gasteiger partial charge in [0.15, 0.2) is 9.84 Å². The molecule has 0 bridgehead atoms. The molecule has 0 amide bonds. The van der Waals surface area contributed by atoms with Crippen molar-refractivity contribution in [3.8, 4) is 0 Å². The molecular weight excluding hydrogens is 208 g/mol. The molecule has 84 valence electrons. The maximum absolute atomic E-state index is 11.4. The minimum absolute atomic E-state index is 0.116. The molecule has 0 rings (SSSR count). The van der Waals surface area contributed by atoms with Gasteiger partial charge in [0.1, 0.15) is 0 Å². The molecule has 0 spiro atoms. The number of carboxylic acids is 1. The van der Waals surface area contributed by atoms with Crippen molar-refractivity contribution in [3.05, 3.63) is 0 Å². The third-order valence-corrected chi connectivity index (χ3v) is 3.92. The van der Waals surface area contributed by atoms with Gasteiger partial charge in [-0.05, 0) is 13.8 Å². The lowest BCUT2D eigenvalue weighted by Gasteiger charge is -2.10. The van der Waals surface area contributed by atoms with E-state index in [-0.39, 0.29) is 18.8 Å². The number of rotatable bonds is 7. The summed E-state index contributed by atoms with van der Waals surface area (Å²) in [5, 5.41) is 7.58. The van der Waals surface area contributed by atoms with Crippen molar-refractivity contribution in [2.75, 3.05) is 19.0 Å². The van der Waals surface area contributed by atoms with Crippen LogP contribution in [0.1, 0.15) is 20.3 Å². The maximum Gasteiger partial charge on any atom is 0.304 e. The van der Waals surface area contributed by atoms with E-state index in [0.29, 0.717) is 6.61 Å². The molecule has 0 aliphatic rings. The van der Waals surface area contributed by atoms with Crippen LogP contribution in [0.2, 0.25) is 0 Å². The Morgan fingerprint density at radius 2 is 2.07 bits per heavy atom. The normalized spacial score (nSPS) is 13.9. The fourth-order valence-corrected chi connectivity index (χ4v) is 2.04. The first-order valence-corrected chi connectivity index (χ1v) is 6.12. The SMILES string of the molecule is CCOCCS(=O)(=O)C(C)CC(=O)O. The molecular formula is C8H16O5S. The summed E-state index contributed by atoms with van der Waals surface area (Å²) < 4.78 is 27.7. The molecule has 6 heteroatoms. The van der Waals surface area contributed by atoms with Gasteiger partial charge in [0.2, 0.25) is 0 Å². The minimum atomic E-state index is -3.33. The van der Waals surface area contributed by atoms with Crippen molar-refractivity contribution >= 4 is 15.8 Å².